The average molecular weight is 529 g/mol. The first-order valence-electron chi connectivity index (χ1n) is 11.6. The normalized spacial score (nSPS) is 18.6. The van der Waals surface area contributed by atoms with E-state index in [0.717, 1.165) is 27.0 Å². The van der Waals surface area contributed by atoms with Gasteiger partial charge in [0, 0.05) is 24.0 Å². The lowest BCUT2D eigenvalue weighted by atomic mass is 9.84. The van der Waals surface area contributed by atoms with E-state index >= 15 is 0 Å². The van der Waals surface area contributed by atoms with E-state index in [-0.39, 0.29) is 31.1 Å². The molecule has 2 unspecified atom stereocenters. The molecule has 0 saturated carbocycles. The van der Waals surface area contributed by atoms with Crippen LogP contribution >= 0.6 is 11.3 Å². The van der Waals surface area contributed by atoms with Crippen LogP contribution in [-0.4, -0.2) is 38.1 Å². The summed E-state index contributed by atoms with van der Waals surface area (Å²) in [6, 6.07) is 6.38. The summed E-state index contributed by atoms with van der Waals surface area (Å²) < 4.78 is 13.2. The van der Waals surface area contributed by atoms with Crippen LogP contribution in [0.5, 0.6) is 23.1 Å². The van der Waals surface area contributed by atoms with Gasteiger partial charge in [-0.2, -0.15) is 4.91 Å². The predicted molar refractivity (Wildman–Crippen MR) is 137 cm³/mol. The molecule has 196 valence electrons. The monoisotopic (exact) mass is 528 g/mol. The second kappa shape index (κ2) is 9.89. The Morgan fingerprint density at radius 1 is 1.19 bits per heavy atom. The molecule has 0 amide bonds. The summed E-state index contributed by atoms with van der Waals surface area (Å²) in [5.74, 6) is -0.291. The molecule has 0 saturated heterocycles. The summed E-state index contributed by atoms with van der Waals surface area (Å²) in [5.41, 5.74) is 2.61. The molecule has 0 bridgehead atoms. The van der Waals surface area contributed by atoms with Gasteiger partial charge in [0.15, 0.2) is 0 Å². The van der Waals surface area contributed by atoms with E-state index in [1.807, 2.05) is 13.8 Å². The number of carbonyl (C=O) groups is 1. The summed E-state index contributed by atoms with van der Waals surface area (Å²) >= 11 is 0.807. The zero-order valence-corrected chi connectivity index (χ0v) is 21.7. The number of benzene rings is 2. The lowest BCUT2D eigenvalue weighted by Gasteiger charge is -2.39. The zero-order chi connectivity index (χ0) is 27.1. The number of carboxylic acid groups (broad SMARTS) is 1. The number of aliphatic carboxylic acids is 1. The van der Waals surface area contributed by atoms with Crippen molar-refractivity contribution in [3.63, 3.8) is 0 Å². The SMILES string of the molecule is Cc1c(C)c2c(c(C)c1O)C(N=O)CC(C)(COc1ccc(Cc3sc(=O)n(CC(=O)O)c3O)cc1)O2. The number of hydrogen-bond donors (Lipinski definition) is 3. The summed E-state index contributed by atoms with van der Waals surface area (Å²) in [7, 11) is 0. The minimum Gasteiger partial charge on any atom is -0.507 e. The van der Waals surface area contributed by atoms with Gasteiger partial charge in [-0.25, -0.2) is 0 Å². The summed E-state index contributed by atoms with van der Waals surface area (Å²) in [6.45, 7) is 6.80. The predicted octanol–water partition coefficient (Wildman–Crippen LogP) is 4.35. The molecule has 0 spiro atoms. The molecule has 37 heavy (non-hydrogen) atoms. The first-order chi connectivity index (χ1) is 17.4. The maximum absolute atomic E-state index is 12.0. The van der Waals surface area contributed by atoms with Crippen LogP contribution in [0.25, 0.3) is 0 Å². The van der Waals surface area contributed by atoms with Crippen LogP contribution in [0.1, 0.15) is 52.1 Å². The van der Waals surface area contributed by atoms with Crippen molar-refractivity contribution in [2.24, 2.45) is 5.18 Å². The molecule has 2 atom stereocenters. The van der Waals surface area contributed by atoms with Crippen molar-refractivity contribution in [3.8, 4) is 23.1 Å². The lowest BCUT2D eigenvalue weighted by molar-refractivity contribution is -0.137. The molecule has 3 N–H and O–H groups in total. The third-order valence-electron chi connectivity index (χ3n) is 6.76. The van der Waals surface area contributed by atoms with Crippen molar-refractivity contribution in [1.29, 1.82) is 0 Å². The smallest absolute Gasteiger partial charge is 0.323 e. The third-order valence-corrected chi connectivity index (χ3v) is 7.73. The van der Waals surface area contributed by atoms with Gasteiger partial charge >= 0.3 is 10.8 Å². The highest BCUT2D eigenvalue weighted by Crippen LogP contribution is 2.49. The van der Waals surface area contributed by atoms with E-state index in [2.05, 4.69) is 5.18 Å². The van der Waals surface area contributed by atoms with Crippen LogP contribution < -0.4 is 14.3 Å². The van der Waals surface area contributed by atoms with Crippen LogP contribution in [0.3, 0.4) is 0 Å². The van der Waals surface area contributed by atoms with Crippen LogP contribution in [-0.2, 0) is 17.8 Å². The Kier molecular flexibility index (Phi) is 7.00. The van der Waals surface area contributed by atoms with Gasteiger partial charge in [-0.05, 0) is 56.5 Å². The molecule has 3 aromatic rings. The summed E-state index contributed by atoms with van der Waals surface area (Å²) in [4.78, 5) is 34.5. The zero-order valence-electron chi connectivity index (χ0n) is 20.9. The van der Waals surface area contributed by atoms with Crippen molar-refractivity contribution < 1.29 is 29.6 Å². The number of nitrogens with zero attached hydrogens (tertiary/aromatic N) is 2. The van der Waals surface area contributed by atoms with Crippen LogP contribution in [0.4, 0.5) is 0 Å². The van der Waals surface area contributed by atoms with Crippen LogP contribution in [0, 0.1) is 25.7 Å². The van der Waals surface area contributed by atoms with Gasteiger partial charge in [0.2, 0.25) is 5.88 Å². The number of aromatic nitrogens is 1. The Hall–Kier alpha value is -3.86. The van der Waals surface area contributed by atoms with Gasteiger partial charge in [-0.1, -0.05) is 28.6 Å². The highest BCUT2D eigenvalue weighted by molar-refractivity contribution is 7.09. The Bertz CT molecular complexity index is 1430. The number of phenols is 1. The third kappa shape index (κ3) is 5.04. The fourth-order valence-electron chi connectivity index (χ4n) is 4.60. The Balaban J connectivity index is 1.48. The number of phenolic OH excluding ortho intramolecular Hbond substituents is 1. The van der Waals surface area contributed by atoms with E-state index in [1.165, 1.54) is 0 Å². The number of ether oxygens (including phenoxy) is 2. The molecule has 0 radical (unpaired) electrons. The first kappa shape index (κ1) is 26.2. The highest BCUT2D eigenvalue weighted by atomic mass is 32.1. The van der Waals surface area contributed by atoms with Crippen molar-refractivity contribution in [1.82, 2.24) is 4.57 Å². The van der Waals surface area contributed by atoms with E-state index < -0.39 is 29.0 Å². The number of nitroso groups, excluding NO2 is 1. The summed E-state index contributed by atoms with van der Waals surface area (Å²) in [6.07, 6.45) is 0.545. The van der Waals surface area contributed by atoms with Crippen molar-refractivity contribution in [2.45, 2.75) is 58.7 Å². The molecule has 2 heterocycles. The molecule has 1 aliphatic rings. The number of hydrogen-bond acceptors (Lipinski definition) is 9. The minimum atomic E-state index is -1.21. The fourth-order valence-corrected chi connectivity index (χ4v) is 5.51. The molecule has 0 fully saturated rings. The Morgan fingerprint density at radius 2 is 1.86 bits per heavy atom. The largest absolute Gasteiger partial charge is 0.507 e. The van der Waals surface area contributed by atoms with E-state index in [4.69, 9.17) is 14.6 Å². The second-order valence-corrected chi connectivity index (χ2v) is 10.6. The van der Waals surface area contributed by atoms with Gasteiger partial charge in [-0.3, -0.25) is 14.2 Å². The molecule has 10 nitrogen and oxygen atoms in total. The van der Waals surface area contributed by atoms with Gasteiger partial charge in [-0.15, -0.1) is 0 Å². The quantitative estimate of drug-likeness (QED) is 0.366. The fraction of sp³-hybridized carbons (Fsp3) is 0.385. The highest BCUT2D eigenvalue weighted by Gasteiger charge is 2.41. The molecule has 0 aliphatic carbocycles. The summed E-state index contributed by atoms with van der Waals surface area (Å²) in [5, 5.41) is 32.9. The van der Waals surface area contributed by atoms with Gasteiger partial charge in [0.05, 0.1) is 4.88 Å². The number of aromatic hydroxyl groups is 2. The number of fused-ring (bicyclic) bond motifs is 1. The number of rotatable bonds is 8. The second-order valence-electron chi connectivity index (χ2n) is 9.55. The van der Waals surface area contributed by atoms with E-state index in [9.17, 15) is 24.7 Å². The van der Waals surface area contributed by atoms with Crippen molar-refractivity contribution in [3.05, 3.63) is 71.5 Å². The van der Waals surface area contributed by atoms with E-state index in [1.54, 1.807) is 38.1 Å². The van der Waals surface area contributed by atoms with E-state index in [0.29, 0.717) is 33.1 Å². The molecular weight excluding hydrogens is 500 g/mol. The van der Waals surface area contributed by atoms with Gasteiger partial charge < -0.3 is 24.8 Å². The maximum atomic E-state index is 12.0. The van der Waals surface area contributed by atoms with Gasteiger partial charge in [0.1, 0.15) is 42.0 Å². The number of thiazole rings is 1. The molecule has 2 aromatic carbocycles. The maximum Gasteiger partial charge on any atom is 0.323 e. The standard InChI is InChI=1S/C26H28N2O8S/c1-13-14(2)23-21(15(3)22(13)31)18(27-34)10-26(4,36-23)12-35-17-7-5-16(6-8-17)9-19-24(32)28(11-20(29)30)25(33)37-19/h5-8,18,31-32H,9-12H2,1-4H3,(H,29,30). The first-order valence-corrected chi connectivity index (χ1v) is 12.4. The topological polar surface area (TPSA) is 148 Å². The molecule has 1 aromatic heterocycles. The Morgan fingerprint density at radius 3 is 2.49 bits per heavy atom. The Labute approximate surface area is 216 Å². The van der Waals surface area contributed by atoms with Crippen molar-refractivity contribution in [2.75, 3.05) is 6.61 Å². The molecular formula is C26H28N2O8S. The average Bonchev–Trinajstić information content (AvgIpc) is 3.12. The van der Waals surface area contributed by atoms with Crippen LogP contribution in [0.2, 0.25) is 0 Å². The van der Waals surface area contributed by atoms with Crippen molar-refractivity contribution >= 4 is 17.3 Å². The molecule has 1 aliphatic heterocycles. The van der Waals surface area contributed by atoms with Gasteiger partial charge in [0.25, 0.3) is 0 Å². The number of carboxylic acids is 1. The lowest BCUT2D eigenvalue weighted by Crippen LogP contribution is -2.43. The molecule has 4 rings (SSSR count). The molecule has 11 heteroatoms. The van der Waals surface area contributed by atoms with Crippen LogP contribution in [0.15, 0.2) is 34.2 Å². The minimum absolute atomic E-state index is 0.146.